The third-order valence-corrected chi connectivity index (χ3v) is 2.81. The highest BCUT2D eigenvalue weighted by Crippen LogP contribution is 2.47. The van der Waals surface area contributed by atoms with Crippen LogP contribution in [0.4, 0.5) is 0 Å². The smallest absolute Gasteiger partial charge is 0.320 e. The number of ether oxygens (including phenoxy) is 3. The molecular formula is C8H15Br3O3. The second-order valence-corrected chi connectivity index (χ2v) is 9.11. The summed E-state index contributed by atoms with van der Waals surface area (Å²) in [5, 5.41) is 0. The number of hydrogen-bond acceptors (Lipinski definition) is 3. The van der Waals surface area contributed by atoms with Gasteiger partial charge in [-0.3, -0.25) is 0 Å². The summed E-state index contributed by atoms with van der Waals surface area (Å²) in [6.07, 6.45) is 0. The first kappa shape index (κ1) is 15.3. The molecule has 0 spiro atoms. The lowest BCUT2D eigenvalue weighted by molar-refractivity contribution is -0.368. The van der Waals surface area contributed by atoms with E-state index in [1.807, 2.05) is 20.8 Å². The minimum absolute atomic E-state index is 0.491. The molecule has 0 amide bonds. The lowest BCUT2D eigenvalue weighted by Gasteiger charge is -2.38. The third-order valence-electron chi connectivity index (χ3n) is 1.35. The van der Waals surface area contributed by atoms with Crippen molar-refractivity contribution in [1.82, 2.24) is 0 Å². The Labute approximate surface area is 110 Å². The van der Waals surface area contributed by atoms with Crippen molar-refractivity contribution in [2.24, 2.45) is 0 Å². The van der Waals surface area contributed by atoms with Gasteiger partial charge in [-0.1, -0.05) is 47.8 Å². The molecule has 0 aromatic carbocycles. The monoisotopic (exact) mass is 396 g/mol. The summed E-state index contributed by atoms with van der Waals surface area (Å²) < 4.78 is 15.7. The third kappa shape index (κ3) is 4.06. The van der Waals surface area contributed by atoms with Gasteiger partial charge in [0, 0.05) is 19.8 Å². The predicted molar refractivity (Wildman–Crippen MR) is 67.1 cm³/mol. The summed E-state index contributed by atoms with van der Waals surface area (Å²) in [6, 6.07) is 0. The molecule has 0 rings (SSSR count). The van der Waals surface area contributed by atoms with Crippen molar-refractivity contribution in [2.75, 3.05) is 19.8 Å². The van der Waals surface area contributed by atoms with Gasteiger partial charge in [-0.2, -0.15) is 0 Å². The van der Waals surface area contributed by atoms with Gasteiger partial charge in [0.15, 0.2) is 0 Å². The Bertz CT molecular complexity index is 141. The number of alkyl halides is 3. The van der Waals surface area contributed by atoms with Crippen LogP contribution in [0.2, 0.25) is 0 Å². The average molecular weight is 399 g/mol. The van der Waals surface area contributed by atoms with E-state index in [1.54, 1.807) is 0 Å². The van der Waals surface area contributed by atoms with E-state index in [9.17, 15) is 0 Å². The van der Waals surface area contributed by atoms with Gasteiger partial charge in [0.05, 0.1) is 0 Å². The van der Waals surface area contributed by atoms with Gasteiger partial charge < -0.3 is 14.2 Å². The molecule has 0 saturated carbocycles. The normalized spacial score (nSPS) is 13.3. The van der Waals surface area contributed by atoms with Crippen molar-refractivity contribution in [1.29, 1.82) is 0 Å². The molecule has 0 bridgehead atoms. The van der Waals surface area contributed by atoms with Crippen LogP contribution in [-0.2, 0) is 14.2 Å². The van der Waals surface area contributed by atoms with Crippen LogP contribution in [0.15, 0.2) is 0 Å². The molecule has 0 atom stereocenters. The fourth-order valence-corrected chi connectivity index (χ4v) is 1.97. The van der Waals surface area contributed by atoms with Crippen molar-refractivity contribution < 1.29 is 14.2 Å². The maximum absolute atomic E-state index is 5.49. The molecule has 0 fully saturated rings. The summed E-state index contributed by atoms with van der Waals surface area (Å²) in [5.74, 6) is -1.16. The molecule has 3 nitrogen and oxygen atoms in total. The van der Waals surface area contributed by atoms with E-state index in [0.717, 1.165) is 0 Å². The topological polar surface area (TPSA) is 27.7 Å². The fraction of sp³-hybridized carbons (Fsp3) is 1.00. The molecule has 14 heavy (non-hydrogen) atoms. The molecule has 0 aromatic heterocycles. The first-order valence-electron chi connectivity index (χ1n) is 4.42. The van der Waals surface area contributed by atoms with Gasteiger partial charge in [0.1, 0.15) is 0 Å². The first-order chi connectivity index (χ1) is 6.43. The van der Waals surface area contributed by atoms with Gasteiger partial charge in [0.25, 0.3) is 0 Å². The predicted octanol–water partition coefficient (Wildman–Crippen LogP) is 3.59. The maximum Gasteiger partial charge on any atom is 0.320 e. The molecule has 0 unspecified atom stereocenters. The van der Waals surface area contributed by atoms with Crippen LogP contribution in [-0.4, -0.2) is 27.9 Å². The largest absolute Gasteiger partial charge is 0.325 e. The molecule has 6 heteroatoms. The van der Waals surface area contributed by atoms with E-state index < -0.39 is 8.12 Å². The number of halogens is 3. The molecular weight excluding hydrogens is 384 g/mol. The lowest BCUT2D eigenvalue weighted by atomic mass is 10.6. The van der Waals surface area contributed by atoms with E-state index in [4.69, 9.17) is 14.2 Å². The summed E-state index contributed by atoms with van der Waals surface area (Å²) in [5.41, 5.74) is 0. The second-order valence-electron chi connectivity index (χ2n) is 2.35. The SMILES string of the molecule is CCOC(OCC)(OCC)C(Br)(Br)Br. The Morgan fingerprint density at radius 3 is 1.21 bits per heavy atom. The van der Waals surface area contributed by atoms with Gasteiger partial charge in [-0.05, 0) is 20.8 Å². The summed E-state index contributed by atoms with van der Waals surface area (Å²) in [4.78, 5) is 0. The van der Waals surface area contributed by atoms with E-state index in [-0.39, 0.29) is 0 Å². The molecule has 0 aliphatic carbocycles. The zero-order chi connectivity index (χ0) is 11.2. The zero-order valence-corrected chi connectivity index (χ0v) is 13.2. The number of hydrogen-bond donors (Lipinski definition) is 0. The van der Waals surface area contributed by atoms with E-state index in [1.165, 1.54) is 0 Å². The Balaban J connectivity index is 4.73. The molecule has 0 heterocycles. The summed E-state index contributed by atoms with van der Waals surface area (Å²) >= 11 is 10.1. The molecule has 0 N–H and O–H groups in total. The first-order valence-corrected chi connectivity index (χ1v) is 6.80. The molecule has 86 valence electrons. The van der Waals surface area contributed by atoms with Gasteiger partial charge in [0.2, 0.25) is 2.14 Å². The Kier molecular flexibility index (Phi) is 7.45. The highest BCUT2D eigenvalue weighted by atomic mass is 80.0. The minimum atomic E-state index is -1.16. The summed E-state index contributed by atoms with van der Waals surface area (Å²) in [7, 11) is 0. The highest BCUT2D eigenvalue weighted by molar-refractivity contribution is 9.39. The van der Waals surface area contributed by atoms with Crippen LogP contribution in [0.5, 0.6) is 0 Å². The summed E-state index contributed by atoms with van der Waals surface area (Å²) in [6.45, 7) is 7.11. The van der Waals surface area contributed by atoms with Crippen LogP contribution in [0.25, 0.3) is 0 Å². The Morgan fingerprint density at radius 2 is 1.07 bits per heavy atom. The molecule has 0 aromatic rings. The van der Waals surface area contributed by atoms with Crippen LogP contribution in [0.3, 0.4) is 0 Å². The molecule has 0 radical (unpaired) electrons. The minimum Gasteiger partial charge on any atom is -0.325 e. The van der Waals surface area contributed by atoms with Crippen molar-refractivity contribution >= 4 is 47.8 Å². The number of rotatable bonds is 6. The van der Waals surface area contributed by atoms with Crippen molar-refractivity contribution in [3.8, 4) is 0 Å². The standard InChI is InChI=1S/C8H15Br3O3/c1-4-12-8(13-5-2,14-6-3)7(9,10)11/h4-6H2,1-3H3. The highest BCUT2D eigenvalue weighted by Gasteiger charge is 2.51. The molecule has 0 aliphatic rings. The molecule has 0 aliphatic heterocycles. The van der Waals surface area contributed by atoms with E-state index in [2.05, 4.69) is 47.8 Å². The van der Waals surface area contributed by atoms with Crippen LogP contribution >= 0.6 is 47.8 Å². The lowest BCUT2D eigenvalue weighted by Crippen LogP contribution is -2.50. The van der Waals surface area contributed by atoms with Gasteiger partial charge in [-0.25, -0.2) is 0 Å². The van der Waals surface area contributed by atoms with Crippen LogP contribution in [0, 0.1) is 0 Å². The van der Waals surface area contributed by atoms with Crippen LogP contribution in [0.1, 0.15) is 20.8 Å². The maximum atomic E-state index is 5.49. The Morgan fingerprint density at radius 1 is 0.786 bits per heavy atom. The van der Waals surface area contributed by atoms with Gasteiger partial charge >= 0.3 is 5.97 Å². The fourth-order valence-electron chi connectivity index (χ4n) is 0.941. The zero-order valence-electron chi connectivity index (χ0n) is 8.48. The Hall–Kier alpha value is 1.32. The quantitative estimate of drug-likeness (QED) is 0.505. The van der Waals surface area contributed by atoms with Gasteiger partial charge in [-0.15, -0.1) is 0 Å². The van der Waals surface area contributed by atoms with Crippen molar-refractivity contribution in [2.45, 2.75) is 28.9 Å². The van der Waals surface area contributed by atoms with Crippen LogP contribution < -0.4 is 0 Å². The molecule has 0 saturated heterocycles. The average Bonchev–Trinajstić information content (AvgIpc) is 2.03. The van der Waals surface area contributed by atoms with E-state index in [0.29, 0.717) is 19.8 Å². The van der Waals surface area contributed by atoms with Crippen molar-refractivity contribution in [3.63, 3.8) is 0 Å². The second kappa shape index (κ2) is 6.81. The van der Waals surface area contributed by atoms with Crippen molar-refractivity contribution in [3.05, 3.63) is 0 Å². The van der Waals surface area contributed by atoms with E-state index >= 15 is 0 Å².